The Bertz CT molecular complexity index is 820. The molecule has 2 heterocycles. The number of anilines is 2. The summed E-state index contributed by atoms with van der Waals surface area (Å²) in [5.74, 6) is -0.583. The Morgan fingerprint density at radius 2 is 2.20 bits per heavy atom. The van der Waals surface area contributed by atoms with Crippen molar-refractivity contribution in [2.45, 2.75) is 6.42 Å². The number of ether oxygens (including phenoxy) is 2. The summed E-state index contributed by atoms with van der Waals surface area (Å²) in [6.45, 7) is 0.0925. The van der Waals surface area contributed by atoms with Crippen molar-refractivity contribution in [3.05, 3.63) is 35.3 Å². The van der Waals surface area contributed by atoms with E-state index in [0.29, 0.717) is 11.4 Å². The lowest BCUT2D eigenvalue weighted by molar-refractivity contribution is -0.121. The lowest BCUT2D eigenvalue weighted by atomic mass is 10.2. The smallest absolute Gasteiger partial charge is 0.349 e. The maximum atomic E-state index is 12.3. The molecule has 0 saturated carbocycles. The van der Waals surface area contributed by atoms with Crippen LogP contribution >= 0.6 is 11.3 Å². The molecule has 2 amide bonds. The molecule has 0 radical (unpaired) electrons. The number of aromatic nitrogens is 1. The first-order chi connectivity index (χ1) is 12.1. The largest absolute Gasteiger partial charge is 0.491 e. The van der Waals surface area contributed by atoms with E-state index >= 15 is 0 Å². The van der Waals surface area contributed by atoms with Gasteiger partial charge in [-0.3, -0.25) is 14.5 Å². The van der Waals surface area contributed by atoms with E-state index in [1.54, 1.807) is 24.3 Å². The minimum Gasteiger partial charge on any atom is -0.491 e. The Morgan fingerprint density at radius 1 is 1.40 bits per heavy atom. The average molecular weight is 361 g/mol. The maximum absolute atomic E-state index is 12.3. The third-order valence-corrected chi connectivity index (χ3v) is 4.36. The molecule has 1 aromatic carbocycles. The molecule has 9 heteroatoms. The van der Waals surface area contributed by atoms with E-state index in [0.717, 1.165) is 11.3 Å². The third-order valence-electron chi connectivity index (χ3n) is 3.47. The predicted octanol–water partition coefficient (Wildman–Crippen LogP) is 1.68. The molecule has 0 unspecified atom stereocenters. The maximum Gasteiger partial charge on any atom is 0.349 e. The Morgan fingerprint density at radius 3 is 3.00 bits per heavy atom. The van der Waals surface area contributed by atoms with Gasteiger partial charge in [-0.2, -0.15) is 0 Å². The molecule has 25 heavy (non-hydrogen) atoms. The van der Waals surface area contributed by atoms with Gasteiger partial charge in [-0.15, -0.1) is 0 Å². The second kappa shape index (κ2) is 7.31. The molecule has 1 aliphatic heterocycles. The van der Waals surface area contributed by atoms with E-state index in [-0.39, 0.29) is 35.5 Å². The summed E-state index contributed by atoms with van der Waals surface area (Å²) >= 11 is 1.00. The fourth-order valence-electron chi connectivity index (χ4n) is 2.32. The van der Waals surface area contributed by atoms with Crippen molar-refractivity contribution in [2.24, 2.45) is 0 Å². The number of methoxy groups -OCH3 is 1. The molecule has 0 spiro atoms. The van der Waals surface area contributed by atoms with Crippen LogP contribution in [-0.4, -0.2) is 43.0 Å². The Balaban J connectivity index is 1.72. The molecule has 0 saturated heterocycles. The van der Waals surface area contributed by atoms with Gasteiger partial charge in [0.1, 0.15) is 17.2 Å². The number of thiazole rings is 1. The van der Waals surface area contributed by atoms with Crippen molar-refractivity contribution in [1.82, 2.24) is 4.98 Å². The van der Waals surface area contributed by atoms with Crippen LogP contribution in [0.1, 0.15) is 16.1 Å². The molecular weight excluding hydrogens is 346 g/mol. The van der Waals surface area contributed by atoms with Gasteiger partial charge in [-0.25, -0.2) is 9.78 Å². The van der Waals surface area contributed by atoms with Gasteiger partial charge in [0, 0.05) is 0 Å². The first-order valence-electron chi connectivity index (χ1n) is 7.44. The Kier molecular flexibility index (Phi) is 4.94. The third kappa shape index (κ3) is 3.77. The highest BCUT2D eigenvalue weighted by atomic mass is 32.1. The monoisotopic (exact) mass is 361 g/mol. The van der Waals surface area contributed by atoms with Crippen LogP contribution in [0.2, 0.25) is 0 Å². The van der Waals surface area contributed by atoms with Crippen LogP contribution in [0, 0.1) is 0 Å². The summed E-state index contributed by atoms with van der Waals surface area (Å²) in [5.41, 5.74) is 0.550. The number of amides is 2. The van der Waals surface area contributed by atoms with Gasteiger partial charge >= 0.3 is 5.97 Å². The highest BCUT2D eigenvalue weighted by Crippen LogP contribution is 2.30. The van der Waals surface area contributed by atoms with Crippen molar-refractivity contribution in [1.29, 1.82) is 0 Å². The zero-order valence-corrected chi connectivity index (χ0v) is 14.2. The number of fused-ring (bicyclic) bond motifs is 1. The summed E-state index contributed by atoms with van der Waals surface area (Å²) in [4.78, 5) is 41.6. The highest BCUT2D eigenvalue weighted by molar-refractivity contribution is 7.17. The summed E-state index contributed by atoms with van der Waals surface area (Å²) in [6, 6.07) is 7.05. The van der Waals surface area contributed by atoms with Gasteiger partial charge in [-0.1, -0.05) is 23.5 Å². The minimum absolute atomic E-state index is 0.174. The molecule has 1 aliphatic rings. The summed E-state index contributed by atoms with van der Waals surface area (Å²) in [6.07, 6.45) is 1.51. The summed E-state index contributed by atoms with van der Waals surface area (Å²) in [7, 11) is 1.27. The van der Waals surface area contributed by atoms with Crippen LogP contribution < -0.4 is 15.0 Å². The molecule has 2 aromatic rings. The Labute approximate surface area is 147 Å². The fraction of sp³-hybridized carbons (Fsp3) is 0.250. The van der Waals surface area contributed by atoms with Gasteiger partial charge in [0.2, 0.25) is 11.8 Å². The van der Waals surface area contributed by atoms with Crippen molar-refractivity contribution in [2.75, 3.05) is 30.5 Å². The van der Waals surface area contributed by atoms with Crippen molar-refractivity contribution in [3.63, 3.8) is 0 Å². The normalized spacial score (nSPS) is 13.5. The second-order valence-corrected chi connectivity index (χ2v) is 6.15. The van der Waals surface area contributed by atoms with Crippen molar-refractivity contribution >= 4 is 39.9 Å². The molecule has 0 bridgehead atoms. The number of hydrogen-bond donors (Lipinski definition) is 1. The van der Waals surface area contributed by atoms with Crippen LogP contribution in [0.25, 0.3) is 0 Å². The fourth-order valence-corrected chi connectivity index (χ4v) is 3.07. The number of para-hydroxylation sites is 2. The zero-order valence-electron chi connectivity index (χ0n) is 13.4. The first-order valence-corrected chi connectivity index (χ1v) is 8.26. The highest BCUT2D eigenvalue weighted by Gasteiger charge is 2.25. The molecule has 130 valence electrons. The molecule has 1 N–H and O–H groups in total. The zero-order chi connectivity index (χ0) is 17.8. The van der Waals surface area contributed by atoms with Crippen molar-refractivity contribution < 1.29 is 23.9 Å². The number of benzene rings is 1. The molecular formula is C16H15N3O5S. The van der Waals surface area contributed by atoms with Gasteiger partial charge in [0.15, 0.2) is 5.13 Å². The molecule has 0 atom stereocenters. The Hall–Kier alpha value is -2.94. The van der Waals surface area contributed by atoms with Crippen LogP contribution in [0.15, 0.2) is 30.5 Å². The first kappa shape index (κ1) is 16.9. The SMILES string of the molecule is COC(=O)c1cnc(NC(=O)CN2C(=O)CCOc3ccccc32)s1. The van der Waals surface area contributed by atoms with Gasteiger partial charge in [0.25, 0.3) is 0 Å². The lowest BCUT2D eigenvalue weighted by Crippen LogP contribution is -2.37. The second-order valence-electron chi connectivity index (χ2n) is 5.12. The van der Waals surface area contributed by atoms with E-state index in [1.165, 1.54) is 18.2 Å². The minimum atomic E-state index is -0.522. The van der Waals surface area contributed by atoms with Gasteiger partial charge in [0.05, 0.1) is 32.0 Å². The molecule has 1 aromatic heterocycles. The summed E-state index contributed by atoms with van der Waals surface area (Å²) in [5, 5.41) is 2.85. The molecule has 3 rings (SSSR count). The molecule has 0 aliphatic carbocycles. The quantitative estimate of drug-likeness (QED) is 0.832. The van der Waals surface area contributed by atoms with E-state index in [9.17, 15) is 14.4 Å². The number of hydrogen-bond acceptors (Lipinski definition) is 7. The number of nitrogens with zero attached hydrogens (tertiary/aromatic N) is 2. The number of carbonyl (C=O) groups is 3. The predicted molar refractivity (Wildman–Crippen MR) is 91.0 cm³/mol. The van der Waals surface area contributed by atoms with Gasteiger partial charge < -0.3 is 14.8 Å². The average Bonchev–Trinajstić information content (AvgIpc) is 3.01. The lowest BCUT2D eigenvalue weighted by Gasteiger charge is -2.20. The summed E-state index contributed by atoms with van der Waals surface area (Å²) < 4.78 is 10.1. The van der Waals surface area contributed by atoms with Crippen molar-refractivity contribution in [3.8, 4) is 5.75 Å². The molecule has 0 fully saturated rings. The van der Waals surface area contributed by atoms with Crippen LogP contribution in [0.5, 0.6) is 5.75 Å². The van der Waals surface area contributed by atoms with E-state index in [1.807, 2.05) is 0 Å². The number of esters is 1. The standard InChI is InChI=1S/C16H15N3O5S/c1-23-15(22)12-8-17-16(25-12)18-13(20)9-19-10-4-2-3-5-11(10)24-7-6-14(19)21/h2-5,8H,6-7,9H2,1H3,(H,17,18,20). The van der Waals surface area contributed by atoms with E-state index < -0.39 is 11.9 Å². The van der Waals surface area contributed by atoms with E-state index in [2.05, 4.69) is 15.0 Å². The van der Waals surface area contributed by atoms with Crippen LogP contribution in [-0.2, 0) is 14.3 Å². The van der Waals surface area contributed by atoms with Crippen LogP contribution in [0.4, 0.5) is 10.8 Å². The van der Waals surface area contributed by atoms with Crippen LogP contribution in [0.3, 0.4) is 0 Å². The number of nitrogens with one attached hydrogen (secondary N) is 1. The molecule has 8 nitrogen and oxygen atoms in total. The topological polar surface area (TPSA) is 97.8 Å². The number of carbonyl (C=O) groups excluding carboxylic acids is 3. The van der Waals surface area contributed by atoms with E-state index in [4.69, 9.17) is 4.74 Å². The van der Waals surface area contributed by atoms with Gasteiger partial charge in [-0.05, 0) is 12.1 Å². The number of rotatable bonds is 4.